The van der Waals surface area contributed by atoms with E-state index < -0.39 is 0 Å². The van der Waals surface area contributed by atoms with Crippen molar-refractivity contribution in [2.45, 2.75) is 30.7 Å². The molecule has 1 saturated heterocycles. The first kappa shape index (κ1) is 17.2. The Bertz CT molecular complexity index is 670. The minimum Gasteiger partial charge on any atom is -0.343 e. The van der Waals surface area contributed by atoms with E-state index in [2.05, 4.69) is 28.6 Å². The van der Waals surface area contributed by atoms with E-state index in [1.54, 1.807) is 18.9 Å². The summed E-state index contributed by atoms with van der Waals surface area (Å²) in [5.74, 6) is 0.171. The smallest absolute Gasteiger partial charge is 0.219 e. The van der Waals surface area contributed by atoms with Gasteiger partial charge in [0.2, 0.25) is 5.91 Å². The standard InChI is InChI=1S/C19H21ClN2OS/c1-15(23)21-13-11-18(12-14-21)22(17-5-3-2-4-6-17)24-19-9-7-16(20)8-10-19/h2-10,18H,11-14H2,1H3. The van der Waals surface area contributed by atoms with Gasteiger partial charge in [0.05, 0.1) is 0 Å². The highest BCUT2D eigenvalue weighted by Crippen LogP contribution is 2.34. The monoisotopic (exact) mass is 360 g/mol. The summed E-state index contributed by atoms with van der Waals surface area (Å²) >= 11 is 7.74. The molecule has 1 aliphatic heterocycles. The van der Waals surface area contributed by atoms with Crippen molar-refractivity contribution in [3.05, 3.63) is 59.6 Å². The summed E-state index contributed by atoms with van der Waals surface area (Å²) in [6, 6.07) is 18.8. The van der Waals surface area contributed by atoms with Crippen molar-refractivity contribution in [1.82, 2.24) is 4.90 Å². The van der Waals surface area contributed by atoms with Crippen molar-refractivity contribution in [2.75, 3.05) is 17.4 Å². The maximum absolute atomic E-state index is 11.6. The van der Waals surface area contributed by atoms with Crippen LogP contribution in [0.15, 0.2) is 59.5 Å². The van der Waals surface area contributed by atoms with E-state index in [1.807, 2.05) is 35.2 Å². The molecule has 0 N–H and O–H groups in total. The van der Waals surface area contributed by atoms with Crippen molar-refractivity contribution < 1.29 is 4.79 Å². The molecule has 1 heterocycles. The zero-order valence-electron chi connectivity index (χ0n) is 13.7. The number of carbonyl (C=O) groups is 1. The second-order valence-corrected chi connectivity index (χ2v) is 7.43. The summed E-state index contributed by atoms with van der Waals surface area (Å²) in [5.41, 5.74) is 1.19. The van der Waals surface area contributed by atoms with Crippen molar-refractivity contribution in [1.29, 1.82) is 0 Å². The van der Waals surface area contributed by atoms with E-state index in [9.17, 15) is 4.79 Å². The highest BCUT2D eigenvalue weighted by atomic mass is 35.5. The molecule has 0 unspecified atom stereocenters. The number of benzene rings is 2. The number of piperidine rings is 1. The van der Waals surface area contributed by atoms with Crippen LogP contribution in [-0.4, -0.2) is 29.9 Å². The highest BCUT2D eigenvalue weighted by molar-refractivity contribution is 8.00. The quantitative estimate of drug-likeness (QED) is 0.727. The third-order valence-electron chi connectivity index (χ3n) is 4.27. The van der Waals surface area contributed by atoms with Crippen molar-refractivity contribution in [2.24, 2.45) is 0 Å². The Labute approximate surface area is 152 Å². The van der Waals surface area contributed by atoms with Gasteiger partial charge in [-0.2, -0.15) is 0 Å². The number of likely N-dealkylation sites (tertiary alicyclic amines) is 1. The lowest BCUT2D eigenvalue weighted by Gasteiger charge is -2.38. The van der Waals surface area contributed by atoms with Crippen LogP contribution in [0.2, 0.25) is 5.02 Å². The summed E-state index contributed by atoms with van der Waals surface area (Å²) in [6.07, 6.45) is 1.96. The summed E-state index contributed by atoms with van der Waals surface area (Å²) in [6.45, 7) is 3.30. The Morgan fingerprint density at radius 3 is 2.29 bits per heavy atom. The fourth-order valence-corrected chi connectivity index (χ4v) is 4.14. The van der Waals surface area contributed by atoms with Crippen LogP contribution in [-0.2, 0) is 4.79 Å². The van der Waals surface area contributed by atoms with Gasteiger partial charge in [-0.3, -0.25) is 4.79 Å². The average molecular weight is 361 g/mol. The molecule has 3 rings (SSSR count). The largest absolute Gasteiger partial charge is 0.343 e. The van der Waals surface area contributed by atoms with Crippen LogP contribution >= 0.6 is 23.5 Å². The van der Waals surface area contributed by atoms with Crippen LogP contribution in [0.5, 0.6) is 0 Å². The molecule has 24 heavy (non-hydrogen) atoms. The fraction of sp³-hybridized carbons (Fsp3) is 0.316. The van der Waals surface area contributed by atoms with Crippen LogP contribution in [0.1, 0.15) is 19.8 Å². The third-order valence-corrected chi connectivity index (χ3v) is 5.71. The van der Waals surface area contributed by atoms with E-state index in [0.717, 1.165) is 35.8 Å². The molecule has 1 fully saturated rings. The predicted octanol–water partition coefficient (Wildman–Crippen LogP) is 4.86. The van der Waals surface area contributed by atoms with Crippen LogP contribution in [0.3, 0.4) is 0 Å². The molecule has 2 aromatic carbocycles. The Hall–Kier alpha value is -1.65. The number of halogens is 1. The average Bonchev–Trinajstić information content (AvgIpc) is 2.62. The normalized spacial score (nSPS) is 15.3. The number of nitrogens with zero attached hydrogens (tertiary/aromatic N) is 2. The number of amides is 1. The van der Waals surface area contributed by atoms with Gasteiger partial charge in [0.15, 0.2) is 0 Å². The Balaban J connectivity index is 1.78. The zero-order chi connectivity index (χ0) is 16.9. The molecule has 0 radical (unpaired) electrons. The summed E-state index contributed by atoms with van der Waals surface area (Å²) in [7, 11) is 0. The molecule has 126 valence electrons. The van der Waals surface area contributed by atoms with E-state index >= 15 is 0 Å². The van der Waals surface area contributed by atoms with Gasteiger partial charge in [0.1, 0.15) is 0 Å². The summed E-state index contributed by atoms with van der Waals surface area (Å²) < 4.78 is 2.38. The van der Waals surface area contributed by atoms with Gasteiger partial charge in [0.25, 0.3) is 0 Å². The summed E-state index contributed by atoms with van der Waals surface area (Å²) in [4.78, 5) is 14.7. The lowest BCUT2D eigenvalue weighted by molar-refractivity contribution is -0.129. The minimum absolute atomic E-state index is 0.171. The lowest BCUT2D eigenvalue weighted by Crippen LogP contribution is -2.44. The lowest BCUT2D eigenvalue weighted by atomic mass is 10.0. The molecule has 0 atom stereocenters. The van der Waals surface area contributed by atoms with Crippen LogP contribution < -0.4 is 4.31 Å². The van der Waals surface area contributed by atoms with Gasteiger partial charge < -0.3 is 9.21 Å². The van der Waals surface area contributed by atoms with E-state index in [1.165, 1.54) is 5.69 Å². The minimum atomic E-state index is 0.171. The van der Waals surface area contributed by atoms with E-state index in [-0.39, 0.29) is 5.91 Å². The molecule has 5 heteroatoms. The first-order valence-electron chi connectivity index (χ1n) is 8.17. The molecule has 0 aromatic heterocycles. The number of hydrogen-bond acceptors (Lipinski definition) is 3. The number of carbonyl (C=O) groups excluding carboxylic acids is 1. The first-order valence-corrected chi connectivity index (χ1v) is 9.32. The van der Waals surface area contributed by atoms with Crippen LogP contribution in [0, 0.1) is 0 Å². The summed E-state index contributed by atoms with van der Waals surface area (Å²) in [5, 5.41) is 0.750. The van der Waals surface area contributed by atoms with Gasteiger partial charge in [0, 0.05) is 41.7 Å². The SMILES string of the molecule is CC(=O)N1CCC(N(Sc2ccc(Cl)cc2)c2ccccc2)CC1. The molecule has 1 aliphatic rings. The highest BCUT2D eigenvalue weighted by Gasteiger charge is 2.26. The molecular formula is C19H21ClN2OS. The Morgan fingerprint density at radius 2 is 1.71 bits per heavy atom. The molecular weight excluding hydrogens is 340 g/mol. The Morgan fingerprint density at radius 1 is 1.08 bits per heavy atom. The van der Waals surface area contributed by atoms with E-state index in [0.29, 0.717) is 6.04 Å². The maximum atomic E-state index is 11.6. The second kappa shape index (κ2) is 7.95. The first-order chi connectivity index (χ1) is 11.6. The van der Waals surface area contributed by atoms with E-state index in [4.69, 9.17) is 11.6 Å². The van der Waals surface area contributed by atoms with Crippen molar-refractivity contribution >= 4 is 35.1 Å². The molecule has 3 nitrogen and oxygen atoms in total. The number of hydrogen-bond donors (Lipinski definition) is 0. The van der Waals surface area contributed by atoms with Gasteiger partial charge >= 0.3 is 0 Å². The number of rotatable bonds is 4. The number of para-hydroxylation sites is 1. The number of anilines is 1. The molecule has 0 bridgehead atoms. The second-order valence-electron chi connectivity index (χ2n) is 5.94. The van der Waals surface area contributed by atoms with Crippen molar-refractivity contribution in [3.63, 3.8) is 0 Å². The molecule has 0 aliphatic carbocycles. The van der Waals surface area contributed by atoms with Gasteiger partial charge in [-0.25, -0.2) is 0 Å². The topological polar surface area (TPSA) is 23.6 Å². The molecule has 0 saturated carbocycles. The van der Waals surface area contributed by atoms with Crippen LogP contribution in [0.25, 0.3) is 0 Å². The third kappa shape index (κ3) is 4.25. The van der Waals surface area contributed by atoms with Gasteiger partial charge in [-0.1, -0.05) is 29.8 Å². The predicted molar refractivity (Wildman–Crippen MR) is 102 cm³/mol. The maximum Gasteiger partial charge on any atom is 0.219 e. The van der Waals surface area contributed by atoms with Gasteiger partial charge in [-0.05, 0) is 61.2 Å². The molecule has 0 spiro atoms. The van der Waals surface area contributed by atoms with Gasteiger partial charge in [-0.15, -0.1) is 0 Å². The van der Waals surface area contributed by atoms with Crippen molar-refractivity contribution in [3.8, 4) is 0 Å². The fourth-order valence-electron chi connectivity index (χ4n) is 2.94. The zero-order valence-corrected chi connectivity index (χ0v) is 15.3. The molecule has 1 amide bonds. The molecule has 2 aromatic rings. The van der Waals surface area contributed by atoms with Crippen LogP contribution in [0.4, 0.5) is 5.69 Å². The Kier molecular flexibility index (Phi) is 5.69.